The van der Waals surface area contributed by atoms with Gasteiger partial charge >= 0.3 is 0 Å². The smallest absolute Gasteiger partial charge is 0.222 e. The molecule has 2 N–H and O–H groups in total. The number of likely N-dealkylation sites (tertiary alicyclic amines) is 1. The number of rotatable bonds is 2. The van der Waals surface area contributed by atoms with Crippen LogP contribution in [0.3, 0.4) is 0 Å². The van der Waals surface area contributed by atoms with Crippen LogP contribution in [0, 0.1) is 0 Å². The van der Waals surface area contributed by atoms with Crippen molar-refractivity contribution in [3.05, 3.63) is 24.0 Å². The fraction of sp³-hybridized carbons (Fsp3) is 0.455. The molecule has 4 heteroatoms. The maximum Gasteiger partial charge on any atom is 0.222 e. The molecule has 2 heterocycles. The number of piperidine rings is 1. The number of hydrogen-bond acceptors (Lipinski definition) is 3. The average Bonchev–Trinajstić information content (AvgIpc) is 2.22. The molecule has 0 aliphatic carbocycles. The van der Waals surface area contributed by atoms with Gasteiger partial charge < -0.3 is 10.6 Å². The summed E-state index contributed by atoms with van der Waals surface area (Å²) in [5, 5.41) is 0. The van der Waals surface area contributed by atoms with Crippen molar-refractivity contribution in [1.82, 2.24) is 9.88 Å². The van der Waals surface area contributed by atoms with Crippen LogP contribution in [0.15, 0.2) is 18.5 Å². The van der Waals surface area contributed by atoms with Crippen molar-refractivity contribution in [2.75, 3.05) is 12.3 Å². The molecule has 0 spiro atoms. The number of anilines is 1. The molecule has 1 fully saturated rings. The van der Waals surface area contributed by atoms with Crippen LogP contribution in [0.1, 0.15) is 24.8 Å². The molecule has 0 saturated carbocycles. The molecule has 0 unspecified atom stereocenters. The summed E-state index contributed by atoms with van der Waals surface area (Å²) in [5.74, 6) is 0.240. The van der Waals surface area contributed by atoms with E-state index in [9.17, 15) is 4.79 Å². The molecular formula is C11H15N3O. The molecule has 15 heavy (non-hydrogen) atoms. The summed E-state index contributed by atoms with van der Waals surface area (Å²) < 4.78 is 0. The predicted octanol–water partition coefficient (Wildman–Crippen LogP) is 1.18. The zero-order valence-electron chi connectivity index (χ0n) is 8.65. The Balaban J connectivity index is 2.04. The SMILES string of the molecule is Nc1cncc(CN2CCCCC2=O)c1. The number of hydrogen-bond donors (Lipinski definition) is 1. The lowest BCUT2D eigenvalue weighted by molar-refractivity contribution is -0.133. The maximum absolute atomic E-state index is 11.6. The first-order valence-corrected chi connectivity index (χ1v) is 5.23. The summed E-state index contributed by atoms with van der Waals surface area (Å²) in [7, 11) is 0. The van der Waals surface area contributed by atoms with E-state index in [1.54, 1.807) is 12.4 Å². The number of amides is 1. The third-order valence-electron chi connectivity index (χ3n) is 2.61. The van der Waals surface area contributed by atoms with Gasteiger partial charge in [0.2, 0.25) is 5.91 Å². The second-order valence-corrected chi connectivity index (χ2v) is 3.90. The number of aromatic nitrogens is 1. The summed E-state index contributed by atoms with van der Waals surface area (Å²) in [6.45, 7) is 1.49. The first kappa shape index (κ1) is 9.96. The van der Waals surface area contributed by atoms with Crippen LogP contribution in [-0.4, -0.2) is 22.3 Å². The minimum atomic E-state index is 0.240. The van der Waals surface area contributed by atoms with E-state index in [1.807, 2.05) is 11.0 Å². The van der Waals surface area contributed by atoms with Crippen LogP contribution in [0.25, 0.3) is 0 Å². The van der Waals surface area contributed by atoms with Gasteiger partial charge in [0.1, 0.15) is 0 Å². The van der Waals surface area contributed by atoms with E-state index >= 15 is 0 Å². The van der Waals surface area contributed by atoms with Crippen molar-refractivity contribution in [1.29, 1.82) is 0 Å². The second-order valence-electron chi connectivity index (χ2n) is 3.90. The Kier molecular flexibility index (Phi) is 2.85. The summed E-state index contributed by atoms with van der Waals surface area (Å²) in [4.78, 5) is 17.4. The molecule has 1 aliphatic heterocycles. The largest absolute Gasteiger partial charge is 0.397 e. The minimum absolute atomic E-state index is 0.240. The number of nitrogens with two attached hydrogens (primary N) is 1. The van der Waals surface area contributed by atoms with Gasteiger partial charge in [0.15, 0.2) is 0 Å². The van der Waals surface area contributed by atoms with E-state index < -0.39 is 0 Å². The van der Waals surface area contributed by atoms with Crippen LogP contribution in [0.4, 0.5) is 5.69 Å². The molecule has 1 aliphatic rings. The standard InChI is InChI=1S/C11H15N3O/c12-10-5-9(6-13-7-10)8-14-4-2-1-3-11(14)15/h5-7H,1-4,8,12H2. The summed E-state index contributed by atoms with van der Waals surface area (Å²) in [5.41, 5.74) is 7.29. The van der Waals surface area contributed by atoms with E-state index in [0.29, 0.717) is 18.7 Å². The Bertz CT molecular complexity index is 365. The zero-order chi connectivity index (χ0) is 10.7. The van der Waals surface area contributed by atoms with Crippen LogP contribution < -0.4 is 5.73 Å². The van der Waals surface area contributed by atoms with Crippen molar-refractivity contribution in [3.63, 3.8) is 0 Å². The molecule has 1 aromatic heterocycles. The first-order valence-electron chi connectivity index (χ1n) is 5.23. The van der Waals surface area contributed by atoms with Gasteiger partial charge in [-0.1, -0.05) is 0 Å². The Morgan fingerprint density at radius 3 is 3.00 bits per heavy atom. The molecular weight excluding hydrogens is 190 g/mol. The molecule has 0 radical (unpaired) electrons. The van der Waals surface area contributed by atoms with Crippen LogP contribution >= 0.6 is 0 Å². The number of pyridine rings is 1. The molecule has 0 aromatic carbocycles. The Morgan fingerprint density at radius 2 is 2.27 bits per heavy atom. The molecule has 2 rings (SSSR count). The Hall–Kier alpha value is -1.58. The number of nitrogens with zero attached hydrogens (tertiary/aromatic N) is 2. The van der Waals surface area contributed by atoms with Gasteiger partial charge in [-0.15, -0.1) is 0 Å². The fourth-order valence-corrected chi connectivity index (χ4v) is 1.84. The van der Waals surface area contributed by atoms with Crippen molar-refractivity contribution in [3.8, 4) is 0 Å². The summed E-state index contributed by atoms with van der Waals surface area (Å²) in [6, 6.07) is 1.87. The van der Waals surface area contributed by atoms with E-state index in [1.165, 1.54) is 0 Å². The van der Waals surface area contributed by atoms with Crippen molar-refractivity contribution in [2.24, 2.45) is 0 Å². The van der Waals surface area contributed by atoms with Gasteiger partial charge in [-0.2, -0.15) is 0 Å². The Morgan fingerprint density at radius 1 is 1.40 bits per heavy atom. The number of carbonyl (C=O) groups excluding carboxylic acids is 1. The van der Waals surface area contributed by atoms with Gasteiger partial charge in [0.25, 0.3) is 0 Å². The molecule has 1 amide bonds. The number of nitrogen functional groups attached to an aromatic ring is 1. The quantitative estimate of drug-likeness (QED) is 0.788. The highest BCUT2D eigenvalue weighted by Crippen LogP contribution is 2.14. The molecule has 4 nitrogen and oxygen atoms in total. The van der Waals surface area contributed by atoms with E-state index in [2.05, 4.69) is 4.98 Å². The lowest BCUT2D eigenvalue weighted by Crippen LogP contribution is -2.34. The lowest BCUT2D eigenvalue weighted by atomic mass is 10.1. The third-order valence-corrected chi connectivity index (χ3v) is 2.61. The minimum Gasteiger partial charge on any atom is -0.397 e. The van der Waals surface area contributed by atoms with Crippen LogP contribution in [0.5, 0.6) is 0 Å². The normalized spacial score (nSPS) is 16.8. The van der Waals surface area contributed by atoms with Crippen molar-refractivity contribution < 1.29 is 4.79 Å². The maximum atomic E-state index is 11.6. The van der Waals surface area contributed by atoms with Crippen molar-refractivity contribution >= 4 is 11.6 Å². The van der Waals surface area contributed by atoms with E-state index in [0.717, 1.165) is 24.9 Å². The molecule has 1 aromatic rings. The average molecular weight is 205 g/mol. The third kappa shape index (κ3) is 2.46. The van der Waals surface area contributed by atoms with Gasteiger partial charge in [-0.3, -0.25) is 9.78 Å². The highest BCUT2D eigenvalue weighted by atomic mass is 16.2. The summed E-state index contributed by atoms with van der Waals surface area (Å²) >= 11 is 0. The van der Waals surface area contributed by atoms with Gasteiger partial charge in [-0.25, -0.2) is 0 Å². The Labute approximate surface area is 89.1 Å². The topological polar surface area (TPSA) is 59.2 Å². The van der Waals surface area contributed by atoms with Gasteiger partial charge in [-0.05, 0) is 24.5 Å². The van der Waals surface area contributed by atoms with E-state index in [4.69, 9.17) is 5.73 Å². The highest BCUT2D eigenvalue weighted by molar-refractivity contribution is 5.76. The molecule has 0 bridgehead atoms. The summed E-state index contributed by atoms with van der Waals surface area (Å²) in [6.07, 6.45) is 6.17. The first-order chi connectivity index (χ1) is 7.25. The van der Waals surface area contributed by atoms with E-state index in [-0.39, 0.29) is 5.91 Å². The van der Waals surface area contributed by atoms with Gasteiger partial charge in [0, 0.05) is 31.9 Å². The van der Waals surface area contributed by atoms with Crippen LogP contribution in [-0.2, 0) is 11.3 Å². The lowest BCUT2D eigenvalue weighted by Gasteiger charge is -2.26. The molecule has 80 valence electrons. The highest BCUT2D eigenvalue weighted by Gasteiger charge is 2.17. The van der Waals surface area contributed by atoms with Gasteiger partial charge in [0.05, 0.1) is 5.69 Å². The fourth-order valence-electron chi connectivity index (χ4n) is 1.84. The zero-order valence-corrected chi connectivity index (χ0v) is 8.65. The number of carbonyl (C=O) groups is 1. The molecule has 1 saturated heterocycles. The second kappa shape index (κ2) is 4.29. The molecule has 0 atom stereocenters. The monoisotopic (exact) mass is 205 g/mol. The van der Waals surface area contributed by atoms with Crippen molar-refractivity contribution in [2.45, 2.75) is 25.8 Å². The predicted molar refractivity (Wildman–Crippen MR) is 57.9 cm³/mol. The van der Waals surface area contributed by atoms with Crippen LogP contribution in [0.2, 0.25) is 0 Å².